The Morgan fingerprint density at radius 2 is 1.32 bits per heavy atom. The van der Waals surface area contributed by atoms with Gasteiger partial charge in [0, 0.05) is 0 Å². The molecule has 0 rings (SSSR count). The van der Waals surface area contributed by atoms with Crippen LogP contribution in [0.1, 0.15) is 33.1 Å². The van der Waals surface area contributed by atoms with Gasteiger partial charge in [-0.1, -0.05) is 0 Å². The molecule has 0 amide bonds. The molecule has 0 aliphatic carbocycles. The zero-order chi connectivity index (χ0) is 14.7. The van der Waals surface area contributed by atoms with Crippen LogP contribution in [0.25, 0.3) is 0 Å². The maximum atomic E-state index is 11.4. The Kier molecular flexibility index (Phi) is 8.82. The molecule has 0 spiro atoms. The van der Waals surface area contributed by atoms with Gasteiger partial charge in [0.05, 0.1) is 25.4 Å². The lowest BCUT2D eigenvalue weighted by atomic mass is 9.98. The smallest absolute Gasteiger partial charge is 0.323 e. The third kappa shape index (κ3) is 6.42. The Hall–Kier alpha value is -2.08. The van der Waals surface area contributed by atoms with Gasteiger partial charge < -0.3 is 9.47 Å². The van der Waals surface area contributed by atoms with Gasteiger partial charge in [0.2, 0.25) is 0 Å². The molecule has 0 aromatic heterocycles. The Labute approximate surface area is 112 Å². The van der Waals surface area contributed by atoms with E-state index in [1.54, 1.807) is 13.8 Å². The molecule has 2 unspecified atom stereocenters. The van der Waals surface area contributed by atoms with Crippen LogP contribution in [0.2, 0.25) is 0 Å². The highest BCUT2D eigenvalue weighted by Crippen LogP contribution is 2.15. The lowest BCUT2D eigenvalue weighted by Gasteiger charge is -2.10. The van der Waals surface area contributed by atoms with Crippen molar-refractivity contribution in [2.75, 3.05) is 13.2 Å². The van der Waals surface area contributed by atoms with Crippen LogP contribution in [-0.2, 0) is 19.1 Å². The minimum Gasteiger partial charge on any atom is -0.465 e. The average Bonchev–Trinajstić information content (AvgIpc) is 2.39. The van der Waals surface area contributed by atoms with Gasteiger partial charge in [-0.25, -0.2) is 0 Å². The second-order valence-electron chi connectivity index (χ2n) is 3.80. The maximum Gasteiger partial charge on any atom is 0.323 e. The SMILES string of the molecule is CCOC(=O)C(C#N)CCCC(C#N)C(=O)OCC. The van der Waals surface area contributed by atoms with Crippen molar-refractivity contribution in [1.82, 2.24) is 0 Å². The Morgan fingerprint density at radius 1 is 0.947 bits per heavy atom. The Bertz CT molecular complexity index is 345. The van der Waals surface area contributed by atoms with Gasteiger partial charge >= 0.3 is 11.9 Å². The molecule has 0 saturated carbocycles. The number of esters is 2. The van der Waals surface area contributed by atoms with E-state index in [9.17, 15) is 9.59 Å². The molecule has 0 heterocycles. The lowest BCUT2D eigenvalue weighted by Crippen LogP contribution is -2.19. The monoisotopic (exact) mass is 266 g/mol. The average molecular weight is 266 g/mol. The van der Waals surface area contributed by atoms with Crippen molar-refractivity contribution in [2.45, 2.75) is 33.1 Å². The molecule has 0 saturated heterocycles. The fourth-order valence-electron chi connectivity index (χ4n) is 1.48. The van der Waals surface area contributed by atoms with Crippen molar-refractivity contribution in [3.8, 4) is 12.1 Å². The van der Waals surface area contributed by atoms with Crippen LogP contribution in [0, 0.1) is 34.5 Å². The summed E-state index contributed by atoms with van der Waals surface area (Å²) < 4.78 is 9.49. The minimum atomic E-state index is -0.846. The number of ether oxygens (including phenoxy) is 2. The Morgan fingerprint density at radius 3 is 1.58 bits per heavy atom. The minimum absolute atomic E-state index is 0.223. The van der Waals surface area contributed by atoms with Crippen molar-refractivity contribution < 1.29 is 19.1 Å². The normalized spacial score (nSPS) is 12.6. The second-order valence-corrected chi connectivity index (χ2v) is 3.80. The van der Waals surface area contributed by atoms with E-state index in [2.05, 4.69) is 0 Å². The lowest BCUT2D eigenvalue weighted by molar-refractivity contribution is -0.146. The highest BCUT2D eigenvalue weighted by molar-refractivity contribution is 5.75. The molecule has 19 heavy (non-hydrogen) atoms. The van der Waals surface area contributed by atoms with Gasteiger partial charge in [-0.05, 0) is 33.1 Å². The topological polar surface area (TPSA) is 100 Å². The number of nitrogens with zero attached hydrogens (tertiary/aromatic N) is 2. The number of carbonyl (C=O) groups is 2. The van der Waals surface area contributed by atoms with Gasteiger partial charge in [0.25, 0.3) is 0 Å². The van der Waals surface area contributed by atoms with Crippen molar-refractivity contribution in [2.24, 2.45) is 11.8 Å². The first-order valence-corrected chi connectivity index (χ1v) is 6.23. The molecule has 0 N–H and O–H groups in total. The molecule has 6 nitrogen and oxygen atoms in total. The van der Waals surface area contributed by atoms with Crippen LogP contribution in [0.15, 0.2) is 0 Å². The highest BCUT2D eigenvalue weighted by Gasteiger charge is 2.22. The highest BCUT2D eigenvalue weighted by atomic mass is 16.5. The molecule has 0 radical (unpaired) electrons. The summed E-state index contributed by atoms with van der Waals surface area (Å²) in [5.74, 6) is -2.81. The van der Waals surface area contributed by atoms with Crippen molar-refractivity contribution >= 4 is 11.9 Å². The summed E-state index contributed by atoms with van der Waals surface area (Å²) in [4.78, 5) is 22.7. The third-order valence-corrected chi connectivity index (χ3v) is 2.44. The molecule has 0 bridgehead atoms. The summed E-state index contributed by atoms with van der Waals surface area (Å²) in [5.41, 5.74) is 0. The first-order chi connectivity index (χ1) is 9.10. The quantitative estimate of drug-likeness (QED) is 0.618. The molecule has 0 aliphatic heterocycles. The van der Waals surface area contributed by atoms with Crippen molar-refractivity contribution in [3.05, 3.63) is 0 Å². The molecular formula is C13H18N2O4. The number of rotatable bonds is 8. The van der Waals surface area contributed by atoms with Gasteiger partial charge in [0.1, 0.15) is 11.8 Å². The van der Waals surface area contributed by atoms with E-state index in [1.165, 1.54) is 0 Å². The van der Waals surface area contributed by atoms with Crippen LogP contribution in [-0.4, -0.2) is 25.2 Å². The molecule has 0 aromatic rings. The number of hydrogen-bond donors (Lipinski definition) is 0. The van der Waals surface area contributed by atoms with E-state index in [-0.39, 0.29) is 26.1 Å². The number of hydrogen-bond acceptors (Lipinski definition) is 6. The predicted molar refractivity (Wildman–Crippen MR) is 65.3 cm³/mol. The van der Waals surface area contributed by atoms with E-state index in [4.69, 9.17) is 20.0 Å². The van der Waals surface area contributed by atoms with Crippen molar-refractivity contribution in [3.63, 3.8) is 0 Å². The first-order valence-electron chi connectivity index (χ1n) is 6.23. The summed E-state index contributed by atoms with van der Waals surface area (Å²) in [6, 6.07) is 3.72. The van der Waals surface area contributed by atoms with E-state index in [0.29, 0.717) is 6.42 Å². The van der Waals surface area contributed by atoms with Crippen LogP contribution >= 0.6 is 0 Å². The van der Waals surface area contributed by atoms with Crippen LogP contribution < -0.4 is 0 Å². The maximum absolute atomic E-state index is 11.4. The summed E-state index contributed by atoms with van der Waals surface area (Å²) in [6.45, 7) is 3.78. The fourth-order valence-corrected chi connectivity index (χ4v) is 1.48. The van der Waals surface area contributed by atoms with Gasteiger partial charge in [0.15, 0.2) is 0 Å². The molecular weight excluding hydrogens is 248 g/mol. The van der Waals surface area contributed by atoms with E-state index < -0.39 is 23.8 Å². The van der Waals surface area contributed by atoms with Crippen molar-refractivity contribution in [1.29, 1.82) is 10.5 Å². The largest absolute Gasteiger partial charge is 0.465 e. The first kappa shape index (κ1) is 16.9. The van der Waals surface area contributed by atoms with Gasteiger partial charge in [-0.3, -0.25) is 9.59 Å². The Balaban J connectivity index is 4.19. The zero-order valence-corrected chi connectivity index (χ0v) is 11.2. The van der Waals surface area contributed by atoms with Crippen LogP contribution in [0.3, 0.4) is 0 Å². The fraction of sp³-hybridized carbons (Fsp3) is 0.692. The summed E-state index contributed by atoms with van der Waals surface area (Å²) in [6.07, 6.45) is 0.952. The van der Waals surface area contributed by atoms with Crippen LogP contribution in [0.5, 0.6) is 0 Å². The molecule has 0 aromatic carbocycles. The molecule has 6 heteroatoms. The summed E-state index contributed by atoms with van der Waals surface area (Å²) in [7, 11) is 0. The van der Waals surface area contributed by atoms with Gasteiger partial charge in [-0.2, -0.15) is 10.5 Å². The number of carbonyl (C=O) groups excluding carboxylic acids is 2. The molecule has 0 fully saturated rings. The molecule has 2 atom stereocenters. The number of nitriles is 2. The van der Waals surface area contributed by atoms with Gasteiger partial charge in [-0.15, -0.1) is 0 Å². The predicted octanol–water partition coefficient (Wildman–Crippen LogP) is 1.56. The molecule has 0 aliphatic rings. The molecule has 104 valence electrons. The van der Waals surface area contributed by atoms with E-state index in [1.807, 2.05) is 12.1 Å². The third-order valence-electron chi connectivity index (χ3n) is 2.44. The van der Waals surface area contributed by atoms with E-state index in [0.717, 1.165) is 0 Å². The zero-order valence-electron chi connectivity index (χ0n) is 11.2. The second kappa shape index (κ2) is 9.90. The van der Waals surface area contributed by atoms with Crippen LogP contribution in [0.4, 0.5) is 0 Å². The standard InChI is InChI=1S/C13H18N2O4/c1-3-18-12(16)10(8-14)6-5-7-11(9-15)13(17)19-4-2/h10-11H,3-7H2,1-2H3. The summed E-state index contributed by atoms with van der Waals surface area (Å²) >= 11 is 0. The summed E-state index contributed by atoms with van der Waals surface area (Å²) in [5, 5.41) is 17.7. The van der Waals surface area contributed by atoms with E-state index >= 15 is 0 Å².